The van der Waals surface area contributed by atoms with E-state index >= 15 is 0 Å². The van der Waals surface area contributed by atoms with Crippen LogP contribution in [-0.2, 0) is 14.2 Å². The Bertz CT molecular complexity index is 1360. The average molecular weight is 467 g/mol. The molecule has 2 saturated heterocycles. The van der Waals surface area contributed by atoms with Gasteiger partial charge in [-0.25, -0.2) is 9.97 Å². The van der Waals surface area contributed by atoms with Crippen LogP contribution < -0.4 is 4.74 Å². The van der Waals surface area contributed by atoms with Gasteiger partial charge in [-0.3, -0.25) is 4.98 Å². The van der Waals surface area contributed by atoms with Crippen molar-refractivity contribution in [2.24, 2.45) is 0 Å². The molecule has 2 aliphatic rings. The van der Waals surface area contributed by atoms with Gasteiger partial charge in [-0.15, -0.1) is 0 Å². The largest absolute Gasteiger partial charge is 0.491 e. The predicted molar refractivity (Wildman–Crippen MR) is 122 cm³/mol. The van der Waals surface area contributed by atoms with E-state index in [1.807, 2.05) is 61.7 Å². The van der Waals surface area contributed by atoms with Crippen molar-refractivity contribution in [3.8, 4) is 5.75 Å². The number of rotatable bonds is 4. The summed E-state index contributed by atoms with van der Waals surface area (Å²) in [7, 11) is 0. The molecular weight excluding hydrogens is 444 g/mol. The fourth-order valence-electron chi connectivity index (χ4n) is 4.76. The molecule has 6 rings (SSSR count). The van der Waals surface area contributed by atoms with Gasteiger partial charge in [0.1, 0.15) is 47.8 Å². The first-order valence-electron chi connectivity index (χ1n) is 10.9. The normalized spacial score (nSPS) is 26.2. The zero-order valence-electron chi connectivity index (χ0n) is 18.4. The Hall–Kier alpha value is -2.78. The highest BCUT2D eigenvalue weighted by molar-refractivity contribution is 6.33. The summed E-state index contributed by atoms with van der Waals surface area (Å²) in [5.74, 6) is -0.00325. The number of benzene rings is 1. The number of hydrogen-bond acceptors (Lipinski definition) is 7. The number of hydrogen-bond donors (Lipinski definition) is 0. The van der Waals surface area contributed by atoms with Gasteiger partial charge in [0, 0.05) is 23.3 Å². The highest BCUT2D eigenvalue weighted by Gasteiger charge is 2.56. The lowest BCUT2D eigenvalue weighted by atomic mass is 10.1. The Morgan fingerprint density at radius 3 is 2.82 bits per heavy atom. The van der Waals surface area contributed by atoms with Crippen molar-refractivity contribution < 1.29 is 18.9 Å². The van der Waals surface area contributed by atoms with E-state index in [0.717, 1.165) is 27.7 Å². The fourth-order valence-corrected chi connectivity index (χ4v) is 4.95. The Kier molecular flexibility index (Phi) is 4.81. The average Bonchev–Trinajstić information content (AvgIpc) is 3.40. The smallest absolute Gasteiger partial charge is 0.165 e. The van der Waals surface area contributed by atoms with Gasteiger partial charge >= 0.3 is 0 Å². The molecule has 0 aliphatic carbocycles. The minimum Gasteiger partial charge on any atom is -0.491 e. The van der Waals surface area contributed by atoms with Crippen LogP contribution in [0.3, 0.4) is 0 Å². The summed E-state index contributed by atoms with van der Waals surface area (Å²) in [5, 5.41) is 2.25. The van der Waals surface area contributed by atoms with Crippen LogP contribution in [0.25, 0.3) is 21.9 Å². The predicted octanol–water partition coefficient (Wildman–Crippen LogP) is 4.44. The van der Waals surface area contributed by atoms with Crippen molar-refractivity contribution in [3.05, 3.63) is 59.8 Å². The van der Waals surface area contributed by atoms with Gasteiger partial charge in [-0.1, -0.05) is 17.7 Å². The summed E-state index contributed by atoms with van der Waals surface area (Å²) in [6, 6.07) is 11.8. The third-order valence-corrected chi connectivity index (χ3v) is 6.45. The number of halogens is 1. The zero-order valence-corrected chi connectivity index (χ0v) is 19.2. The van der Waals surface area contributed by atoms with Crippen molar-refractivity contribution in [2.75, 3.05) is 6.61 Å². The molecule has 0 amide bonds. The Morgan fingerprint density at radius 1 is 1.09 bits per heavy atom. The van der Waals surface area contributed by atoms with Crippen LogP contribution in [0, 0.1) is 6.92 Å². The van der Waals surface area contributed by atoms with E-state index in [4.69, 9.17) is 30.5 Å². The summed E-state index contributed by atoms with van der Waals surface area (Å²) < 4.78 is 27.1. The van der Waals surface area contributed by atoms with Crippen molar-refractivity contribution >= 4 is 33.5 Å². The van der Waals surface area contributed by atoms with Crippen LogP contribution >= 0.6 is 11.6 Å². The number of aryl methyl sites for hydroxylation is 1. The lowest BCUT2D eigenvalue weighted by Gasteiger charge is -2.25. The fraction of sp³-hybridized carbons (Fsp3) is 0.375. The van der Waals surface area contributed by atoms with Gasteiger partial charge in [0.25, 0.3) is 0 Å². The Balaban J connectivity index is 1.30. The second kappa shape index (κ2) is 7.63. The zero-order chi connectivity index (χ0) is 22.7. The van der Waals surface area contributed by atoms with E-state index in [0.29, 0.717) is 17.4 Å². The molecule has 33 heavy (non-hydrogen) atoms. The van der Waals surface area contributed by atoms with Crippen LogP contribution in [0.4, 0.5) is 0 Å². The maximum absolute atomic E-state index is 6.47. The standard InChI is InChI=1S/C24H23ClN4O4/c1-13-9-16-21(25)27-12-28-22(16)29(13)23-20-19(32-24(2,3)33-20)18(31-23)11-30-15-7-6-14-5-4-8-26-17(14)10-15/h4-10,12,18-20,23H,11H2,1-3H3/t18?,19-,20-,23-/m1/s1. The number of pyridine rings is 1. The SMILES string of the molecule is Cc1cc2c(Cl)ncnc2n1[C@@H]1OC(COc2ccc3cccnc3c2)[C@H]2OC(C)(C)O[C@H]21. The first-order chi connectivity index (χ1) is 15.9. The molecule has 0 N–H and O–H groups in total. The number of aromatic nitrogens is 4. The van der Waals surface area contributed by atoms with Gasteiger partial charge in [-0.2, -0.15) is 0 Å². The summed E-state index contributed by atoms with van der Waals surface area (Å²) in [4.78, 5) is 13.0. The molecule has 0 bridgehead atoms. The lowest BCUT2D eigenvalue weighted by molar-refractivity contribution is -0.199. The van der Waals surface area contributed by atoms with Gasteiger partial charge in [0.15, 0.2) is 12.0 Å². The van der Waals surface area contributed by atoms with Gasteiger partial charge < -0.3 is 23.5 Å². The molecule has 3 aromatic heterocycles. The molecule has 4 atom stereocenters. The molecule has 0 saturated carbocycles. The highest BCUT2D eigenvalue weighted by Crippen LogP contribution is 2.45. The van der Waals surface area contributed by atoms with Gasteiger partial charge in [0.2, 0.25) is 0 Å². The minimum absolute atomic E-state index is 0.294. The molecule has 2 aliphatic heterocycles. The summed E-state index contributed by atoms with van der Waals surface area (Å²) in [5.41, 5.74) is 2.53. The number of nitrogens with zero attached hydrogens (tertiary/aromatic N) is 4. The van der Waals surface area contributed by atoms with Crippen molar-refractivity contribution in [1.29, 1.82) is 0 Å². The maximum atomic E-state index is 6.47. The molecule has 9 heteroatoms. The van der Waals surface area contributed by atoms with Crippen molar-refractivity contribution in [2.45, 2.75) is 51.1 Å². The Labute approximate surface area is 195 Å². The molecule has 5 heterocycles. The van der Waals surface area contributed by atoms with E-state index < -0.39 is 12.0 Å². The van der Waals surface area contributed by atoms with Crippen LogP contribution in [-0.4, -0.2) is 50.2 Å². The van der Waals surface area contributed by atoms with Crippen LogP contribution in [0.1, 0.15) is 25.8 Å². The number of fused-ring (bicyclic) bond motifs is 3. The van der Waals surface area contributed by atoms with E-state index in [2.05, 4.69) is 15.0 Å². The Morgan fingerprint density at radius 2 is 1.94 bits per heavy atom. The van der Waals surface area contributed by atoms with E-state index in [9.17, 15) is 0 Å². The number of ether oxygens (including phenoxy) is 4. The van der Waals surface area contributed by atoms with Gasteiger partial charge in [0.05, 0.1) is 10.9 Å². The molecule has 4 aromatic rings. The van der Waals surface area contributed by atoms with E-state index in [-0.39, 0.29) is 18.3 Å². The van der Waals surface area contributed by atoms with Crippen molar-refractivity contribution in [1.82, 2.24) is 19.5 Å². The molecule has 1 aromatic carbocycles. The molecular formula is C24H23ClN4O4. The van der Waals surface area contributed by atoms with Crippen molar-refractivity contribution in [3.63, 3.8) is 0 Å². The first kappa shape index (κ1) is 20.8. The van der Waals surface area contributed by atoms with Gasteiger partial charge in [-0.05, 0) is 45.0 Å². The summed E-state index contributed by atoms with van der Waals surface area (Å²) >= 11 is 6.31. The molecule has 170 valence electrons. The second-order valence-corrected chi connectivity index (χ2v) is 9.21. The highest BCUT2D eigenvalue weighted by atomic mass is 35.5. The second-order valence-electron chi connectivity index (χ2n) is 8.86. The molecule has 0 spiro atoms. The molecule has 0 radical (unpaired) electrons. The summed E-state index contributed by atoms with van der Waals surface area (Å²) in [6.45, 7) is 6.12. The van der Waals surface area contributed by atoms with E-state index in [1.165, 1.54) is 6.33 Å². The minimum atomic E-state index is -0.730. The first-order valence-corrected chi connectivity index (χ1v) is 11.2. The molecule has 1 unspecified atom stereocenters. The molecule has 2 fully saturated rings. The van der Waals surface area contributed by atoms with Crippen LogP contribution in [0.5, 0.6) is 5.75 Å². The summed E-state index contributed by atoms with van der Waals surface area (Å²) in [6.07, 6.45) is 1.83. The monoisotopic (exact) mass is 466 g/mol. The maximum Gasteiger partial charge on any atom is 0.165 e. The van der Waals surface area contributed by atoms with E-state index in [1.54, 1.807) is 6.20 Å². The quantitative estimate of drug-likeness (QED) is 0.411. The molecule has 8 nitrogen and oxygen atoms in total. The topological polar surface area (TPSA) is 80.5 Å². The van der Waals surface area contributed by atoms with Crippen LogP contribution in [0.2, 0.25) is 5.15 Å². The lowest BCUT2D eigenvalue weighted by Crippen LogP contribution is -2.33. The third kappa shape index (κ3) is 3.54. The third-order valence-electron chi connectivity index (χ3n) is 6.15. The van der Waals surface area contributed by atoms with Crippen LogP contribution in [0.15, 0.2) is 48.9 Å².